The number of nitrogens with one attached hydrogen (secondary N) is 1. The van der Waals surface area contributed by atoms with E-state index in [1.807, 2.05) is 11.9 Å². The first-order valence-electron chi connectivity index (χ1n) is 2.52. The number of hydrogen-bond donors (Lipinski definition) is 1. The van der Waals surface area contributed by atoms with E-state index in [1.165, 1.54) is 0 Å². The summed E-state index contributed by atoms with van der Waals surface area (Å²) in [5.41, 5.74) is 0. The summed E-state index contributed by atoms with van der Waals surface area (Å²) < 4.78 is 0.876. The fourth-order valence-corrected chi connectivity index (χ4v) is 1.61. The van der Waals surface area contributed by atoms with Crippen LogP contribution in [-0.4, -0.2) is 19.7 Å². The zero-order valence-electron chi connectivity index (χ0n) is 5.48. The Bertz CT molecular complexity index is 116. The molecule has 0 aromatic rings. The molecule has 3 nitrogen and oxygen atoms in total. The monoisotopic (exact) mass is 243 g/mol. The fraction of sp³-hybridized carbons (Fsp3) is 0.600. The molecule has 0 bridgehead atoms. The summed E-state index contributed by atoms with van der Waals surface area (Å²) in [4.78, 5) is 22.4. The number of carbonyl (C=O) groups excluding carboxylic acids is 2. The molecule has 1 N–H and O–H groups in total. The van der Waals surface area contributed by atoms with Crippen molar-refractivity contribution < 1.29 is 9.59 Å². The maximum atomic E-state index is 10.7. The first-order valence-corrected chi connectivity index (χ1v) is 7.28. The summed E-state index contributed by atoms with van der Waals surface area (Å²) in [7, 11) is 0. The molecule has 2 amide bonds. The van der Waals surface area contributed by atoms with Crippen LogP contribution in [0.15, 0.2) is 0 Å². The number of imide groups is 1. The number of rotatable bonds is 3. The first kappa shape index (κ1) is 8.87. The molecule has 0 aliphatic heterocycles. The Balaban J connectivity index is 3.58. The standard InChI is InChI=1S/C5H10INO2/c1-3-6(2)5(9)7-4-8/h4H,3H2,1-2H3,(H,7,8,9). The minimum atomic E-state index is -1.43. The van der Waals surface area contributed by atoms with E-state index in [2.05, 4.69) is 5.32 Å². The normalized spacial score (nSPS) is 10.2. The van der Waals surface area contributed by atoms with Gasteiger partial charge in [-0.3, -0.25) is 0 Å². The van der Waals surface area contributed by atoms with Crippen molar-refractivity contribution in [2.24, 2.45) is 0 Å². The third-order valence-electron chi connectivity index (χ3n) is 0.866. The average Bonchev–Trinajstić information content (AvgIpc) is 1.87. The SMILES string of the molecule is CCI(C)C(=O)NC=O. The van der Waals surface area contributed by atoms with Gasteiger partial charge in [-0.2, -0.15) is 0 Å². The summed E-state index contributed by atoms with van der Waals surface area (Å²) in [6.07, 6.45) is 0.450. The van der Waals surface area contributed by atoms with E-state index in [0.717, 1.165) is 4.43 Å². The van der Waals surface area contributed by atoms with Crippen molar-refractivity contribution in [1.29, 1.82) is 0 Å². The van der Waals surface area contributed by atoms with Gasteiger partial charge in [0.15, 0.2) is 0 Å². The van der Waals surface area contributed by atoms with Crippen LogP contribution in [0.3, 0.4) is 0 Å². The van der Waals surface area contributed by atoms with Crippen molar-refractivity contribution in [2.75, 3.05) is 9.36 Å². The van der Waals surface area contributed by atoms with Crippen molar-refractivity contribution in [3.63, 3.8) is 0 Å². The Morgan fingerprint density at radius 1 is 1.78 bits per heavy atom. The summed E-state index contributed by atoms with van der Waals surface area (Å²) in [6, 6.07) is 0. The molecular weight excluding hydrogens is 233 g/mol. The average molecular weight is 243 g/mol. The van der Waals surface area contributed by atoms with Gasteiger partial charge in [0.05, 0.1) is 0 Å². The molecule has 0 aliphatic carbocycles. The van der Waals surface area contributed by atoms with E-state index in [0.29, 0.717) is 6.41 Å². The second kappa shape index (κ2) is 4.72. The number of alkyl halides is 2. The number of amides is 2. The number of hydrogen-bond acceptors (Lipinski definition) is 2. The first-order chi connectivity index (χ1) is 4.22. The molecule has 0 aromatic carbocycles. The van der Waals surface area contributed by atoms with Crippen LogP contribution in [0.4, 0.5) is 4.79 Å². The molecule has 0 radical (unpaired) electrons. The van der Waals surface area contributed by atoms with E-state index in [1.54, 1.807) is 0 Å². The van der Waals surface area contributed by atoms with E-state index in [4.69, 9.17) is 0 Å². The molecule has 0 aliphatic rings. The Kier molecular flexibility index (Phi) is 4.65. The van der Waals surface area contributed by atoms with E-state index >= 15 is 0 Å². The quantitative estimate of drug-likeness (QED) is 0.264. The fourth-order valence-electron chi connectivity index (χ4n) is 0.261. The predicted octanol–water partition coefficient (Wildman–Crippen LogP) is 1.01. The topological polar surface area (TPSA) is 46.2 Å². The van der Waals surface area contributed by atoms with Gasteiger partial charge in [0.25, 0.3) is 0 Å². The number of carbonyl (C=O) groups is 2. The minimum absolute atomic E-state index is 0.0447. The molecule has 0 rings (SSSR count). The van der Waals surface area contributed by atoms with Crippen molar-refractivity contribution >= 4 is 30.1 Å². The van der Waals surface area contributed by atoms with Crippen molar-refractivity contribution in [3.8, 4) is 0 Å². The Hall–Kier alpha value is -0.130. The van der Waals surface area contributed by atoms with E-state index in [-0.39, 0.29) is 3.91 Å². The van der Waals surface area contributed by atoms with Gasteiger partial charge in [0.2, 0.25) is 0 Å². The third-order valence-corrected chi connectivity index (χ3v) is 5.14. The van der Waals surface area contributed by atoms with Gasteiger partial charge in [0, 0.05) is 0 Å². The molecule has 0 spiro atoms. The van der Waals surface area contributed by atoms with Crippen LogP contribution in [0.25, 0.3) is 0 Å². The second-order valence-corrected chi connectivity index (χ2v) is 7.27. The van der Waals surface area contributed by atoms with Crippen molar-refractivity contribution in [3.05, 3.63) is 0 Å². The molecule has 0 unspecified atom stereocenters. The Labute approximate surface area is 61.6 Å². The molecule has 0 saturated heterocycles. The molecule has 0 aromatic heterocycles. The number of halogens is 1. The Morgan fingerprint density at radius 2 is 2.33 bits per heavy atom. The maximum absolute atomic E-state index is 10.7. The Morgan fingerprint density at radius 3 is 2.67 bits per heavy atom. The van der Waals surface area contributed by atoms with Crippen molar-refractivity contribution in [1.82, 2.24) is 5.32 Å². The molecule has 0 fully saturated rings. The van der Waals surface area contributed by atoms with Crippen LogP contribution >= 0.6 is 19.8 Å². The molecule has 54 valence electrons. The van der Waals surface area contributed by atoms with Gasteiger partial charge in [-0.25, -0.2) is 0 Å². The van der Waals surface area contributed by atoms with Gasteiger partial charge in [-0.15, -0.1) is 0 Å². The summed E-state index contributed by atoms with van der Waals surface area (Å²) in [5, 5.41) is 2.15. The van der Waals surface area contributed by atoms with E-state index in [9.17, 15) is 9.59 Å². The van der Waals surface area contributed by atoms with Gasteiger partial charge in [-0.05, 0) is 0 Å². The third kappa shape index (κ3) is 3.45. The van der Waals surface area contributed by atoms with Crippen LogP contribution in [0.1, 0.15) is 6.92 Å². The molecule has 0 heterocycles. The van der Waals surface area contributed by atoms with Crippen LogP contribution in [0.2, 0.25) is 0 Å². The summed E-state index contributed by atoms with van der Waals surface area (Å²) in [5.74, 6) is 0. The van der Waals surface area contributed by atoms with Gasteiger partial charge in [-0.1, -0.05) is 0 Å². The van der Waals surface area contributed by atoms with Crippen LogP contribution in [0, 0.1) is 0 Å². The van der Waals surface area contributed by atoms with Crippen LogP contribution in [0.5, 0.6) is 0 Å². The zero-order chi connectivity index (χ0) is 7.28. The molecule has 0 atom stereocenters. The van der Waals surface area contributed by atoms with Gasteiger partial charge < -0.3 is 0 Å². The summed E-state index contributed by atoms with van der Waals surface area (Å²) in [6.45, 7) is 1.97. The molecule has 0 saturated carbocycles. The zero-order valence-corrected chi connectivity index (χ0v) is 7.64. The second-order valence-electron chi connectivity index (χ2n) is 1.39. The van der Waals surface area contributed by atoms with Gasteiger partial charge >= 0.3 is 61.3 Å². The molecule has 4 heteroatoms. The van der Waals surface area contributed by atoms with Crippen LogP contribution in [-0.2, 0) is 4.79 Å². The molecular formula is C5H10INO2. The predicted molar refractivity (Wildman–Crippen MR) is 45.1 cm³/mol. The van der Waals surface area contributed by atoms with Crippen molar-refractivity contribution in [2.45, 2.75) is 6.92 Å². The summed E-state index contributed by atoms with van der Waals surface area (Å²) >= 11 is -1.43. The van der Waals surface area contributed by atoms with E-state index < -0.39 is 19.8 Å². The van der Waals surface area contributed by atoms with Gasteiger partial charge in [0.1, 0.15) is 0 Å². The van der Waals surface area contributed by atoms with Crippen LogP contribution < -0.4 is 5.32 Å². The molecule has 9 heavy (non-hydrogen) atoms.